The number of aliphatic carboxylic acids is 1. The van der Waals surface area contributed by atoms with E-state index >= 15 is 0 Å². The van der Waals surface area contributed by atoms with Crippen LogP contribution in [0.2, 0.25) is 0 Å². The van der Waals surface area contributed by atoms with Crippen LogP contribution in [0.4, 0.5) is 0 Å². The van der Waals surface area contributed by atoms with E-state index in [0.717, 1.165) is 0 Å². The van der Waals surface area contributed by atoms with Gasteiger partial charge in [-0.1, -0.05) is 0 Å². The van der Waals surface area contributed by atoms with Crippen molar-refractivity contribution in [2.75, 3.05) is 13.7 Å². The molecule has 0 saturated carbocycles. The van der Waals surface area contributed by atoms with Gasteiger partial charge in [-0.3, -0.25) is 4.79 Å². The average molecular weight is 239 g/mol. The summed E-state index contributed by atoms with van der Waals surface area (Å²) in [6.45, 7) is 1.22. The molecule has 0 aliphatic carbocycles. The van der Waals surface area contributed by atoms with E-state index in [4.69, 9.17) is 9.84 Å². The van der Waals surface area contributed by atoms with Crippen LogP contribution in [-0.4, -0.2) is 46.2 Å². The fourth-order valence-corrected chi connectivity index (χ4v) is 1.18. The molecular formula is C10H13N3O4. The molecule has 1 rings (SSSR count). The zero-order valence-corrected chi connectivity index (χ0v) is 9.51. The highest BCUT2D eigenvalue weighted by Gasteiger charge is 2.35. The van der Waals surface area contributed by atoms with Gasteiger partial charge in [0.1, 0.15) is 6.33 Å². The van der Waals surface area contributed by atoms with Crippen molar-refractivity contribution in [1.82, 2.24) is 15.3 Å². The summed E-state index contributed by atoms with van der Waals surface area (Å²) in [7, 11) is 1.36. The molecular weight excluding hydrogens is 226 g/mol. The topological polar surface area (TPSA) is 101 Å². The van der Waals surface area contributed by atoms with Gasteiger partial charge < -0.3 is 15.2 Å². The Hall–Kier alpha value is -2.02. The number of nitrogens with one attached hydrogen (secondary N) is 1. The Morgan fingerprint density at radius 3 is 2.53 bits per heavy atom. The third-order valence-electron chi connectivity index (χ3n) is 2.12. The molecule has 7 heteroatoms. The molecule has 0 unspecified atom stereocenters. The van der Waals surface area contributed by atoms with Crippen LogP contribution in [0.3, 0.4) is 0 Å². The first-order valence-electron chi connectivity index (χ1n) is 4.79. The average Bonchev–Trinajstić information content (AvgIpc) is 2.30. The maximum atomic E-state index is 11.7. The second-order valence-corrected chi connectivity index (χ2v) is 3.65. The number of carbonyl (C=O) groups excluding carboxylic acids is 1. The molecule has 0 aliphatic heterocycles. The van der Waals surface area contributed by atoms with E-state index in [1.54, 1.807) is 0 Å². The number of aromatic nitrogens is 2. The number of amides is 1. The maximum Gasteiger partial charge on any atom is 0.331 e. The third kappa shape index (κ3) is 3.22. The zero-order valence-electron chi connectivity index (χ0n) is 9.51. The van der Waals surface area contributed by atoms with Gasteiger partial charge in [-0.15, -0.1) is 0 Å². The quantitative estimate of drug-likeness (QED) is 0.731. The van der Waals surface area contributed by atoms with Gasteiger partial charge in [-0.05, 0) is 6.92 Å². The van der Waals surface area contributed by atoms with Crippen LogP contribution < -0.4 is 5.32 Å². The lowest BCUT2D eigenvalue weighted by Gasteiger charge is -2.25. The van der Waals surface area contributed by atoms with E-state index < -0.39 is 17.4 Å². The van der Waals surface area contributed by atoms with Gasteiger partial charge in [0, 0.05) is 19.5 Å². The lowest BCUT2D eigenvalue weighted by molar-refractivity contribution is -0.145. The van der Waals surface area contributed by atoms with E-state index in [1.165, 1.54) is 32.8 Å². The third-order valence-corrected chi connectivity index (χ3v) is 2.12. The van der Waals surface area contributed by atoms with Crippen LogP contribution in [0.1, 0.15) is 17.3 Å². The number of methoxy groups -OCH3 is 1. The van der Waals surface area contributed by atoms with Crippen LogP contribution in [0.25, 0.3) is 0 Å². The number of rotatable bonds is 5. The standard InChI is InChI=1S/C10H13N3O4/c1-10(5-17-2,9(15)16)13-8(14)7-3-11-6-12-4-7/h3-4,6H,5H2,1-2H3,(H,13,14)(H,15,16)/t10-/m0/s1. The summed E-state index contributed by atoms with van der Waals surface area (Å²) in [5, 5.41) is 11.4. The molecule has 0 bridgehead atoms. The van der Waals surface area contributed by atoms with Gasteiger partial charge in [-0.2, -0.15) is 0 Å². The van der Waals surface area contributed by atoms with Crippen molar-refractivity contribution in [2.45, 2.75) is 12.5 Å². The largest absolute Gasteiger partial charge is 0.479 e. The molecule has 1 heterocycles. The first-order valence-corrected chi connectivity index (χ1v) is 4.79. The highest BCUT2D eigenvalue weighted by Crippen LogP contribution is 2.06. The molecule has 0 aliphatic rings. The molecule has 0 fully saturated rings. The Morgan fingerprint density at radius 1 is 1.47 bits per heavy atom. The molecule has 1 amide bonds. The van der Waals surface area contributed by atoms with Crippen molar-refractivity contribution in [3.63, 3.8) is 0 Å². The molecule has 17 heavy (non-hydrogen) atoms. The smallest absolute Gasteiger partial charge is 0.331 e. The Morgan fingerprint density at radius 2 is 2.06 bits per heavy atom. The van der Waals surface area contributed by atoms with E-state index in [2.05, 4.69) is 15.3 Å². The van der Waals surface area contributed by atoms with Crippen LogP contribution in [0.15, 0.2) is 18.7 Å². The molecule has 0 aromatic carbocycles. The first-order chi connectivity index (χ1) is 7.99. The van der Waals surface area contributed by atoms with Gasteiger partial charge in [-0.25, -0.2) is 14.8 Å². The summed E-state index contributed by atoms with van der Waals surface area (Å²) in [5.41, 5.74) is -1.29. The highest BCUT2D eigenvalue weighted by atomic mass is 16.5. The number of ether oxygens (including phenoxy) is 1. The number of carboxylic acid groups (broad SMARTS) is 1. The summed E-state index contributed by atoms with van der Waals surface area (Å²) in [6.07, 6.45) is 3.89. The molecule has 0 radical (unpaired) electrons. The number of hydrogen-bond acceptors (Lipinski definition) is 5. The SMILES string of the molecule is COC[C@](C)(NC(=O)c1cncnc1)C(=O)O. The summed E-state index contributed by atoms with van der Waals surface area (Å²) in [5.74, 6) is -1.74. The number of nitrogens with zero attached hydrogens (tertiary/aromatic N) is 2. The lowest BCUT2D eigenvalue weighted by Crippen LogP contribution is -2.55. The Bertz CT molecular complexity index is 409. The van der Waals surface area contributed by atoms with Gasteiger partial charge in [0.2, 0.25) is 0 Å². The Kier molecular flexibility index (Phi) is 4.11. The Labute approximate surface area is 97.8 Å². The van der Waals surface area contributed by atoms with Gasteiger partial charge >= 0.3 is 5.97 Å². The minimum atomic E-state index is -1.48. The molecule has 0 saturated heterocycles. The van der Waals surface area contributed by atoms with Crippen LogP contribution in [-0.2, 0) is 9.53 Å². The molecule has 0 spiro atoms. The van der Waals surface area contributed by atoms with E-state index in [1.807, 2.05) is 0 Å². The van der Waals surface area contributed by atoms with E-state index in [-0.39, 0.29) is 12.2 Å². The number of hydrogen-bond donors (Lipinski definition) is 2. The van der Waals surface area contributed by atoms with Crippen molar-refractivity contribution >= 4 is 11.9 Å². The fourth-order valence-electron chi connectivity index (χ4n) is 1.18. The fraction of sp³-hybridized carbons (Fsp3) is 0.400. The normalized spacial score (nSPS) is 13.8. The van der Waals surface area contributed by atoms with Crippen LogP contribution in [0, 0.1) is 0 Å². The molecule has 1 aromatic rings. The van der Waals surface area contributed by atoms with Crippen LogP contribution >= 0.6 is 0 Å². The van der Waals surface area contributed by atoms with E-state index in [0.29, 0.717) is 0 Å². The zero-order chi connectivity index (χ0) is 12.9. The summed E-state index contributed by atoms with van der Waals surface area (Å²) >= 11 is 0. The highest BCUT2D eigenvalue weighted by molar-refractivity contribution is 5.97. The molecule has 92 valence electrons. The monoisotopic (exact) mass is 239 g/mol. The summed E-state index contributed by atoms with van der Waals surface area (Å²) in [4.78, 5) is 30.1. The van der Waals surface area contributed by atoms with Crippen molar-refractivity contribution in [1.29, 1.82) is 0 Å². The molecule has 1 aromatic heterocycles. The second kappa shape index (κ2) is 5.35. The minimum absolute atomic E-state index is 0.137. The van der Waals surface area contributed by atoms with Crippen molar-refractivity contribution in [3.8, 4) is 0 Å². The van der Waals surface area contributed by atoms with Crippen molar-refractivity contribution in [3.05, 3.63) is 24.3 Å². The summed E-state index contributed by atoms with van der Waals surface area (Å²) in [6, 6.07) is 0. The number of carbonyl (C=O) groups is 2. The maximum absolute atomic E-state index is 11.7. The van der Waals surface area contributed by atoms with Crippen LogP contribution in [0.5, 0.6) is 0 Å². The minimum Gasteiger partial charge on any atom is -0.479 e. The number of carboxylic acids is 1. The predicted molar refractivity (Wildman–Crippen MR) is 57.4 cm³/mol. The predicted octanol–water partition coefficient (Wildman–Crippen LogP) is -0.304. The molecule has 7 nitrogen and oxygen atoms in total. The van der Waals surface area contributed by atoms with Gasteiger partial charge in [0.05, 0.1) is 12.2 Å². The lowest BCUT2D eigenvalue weighted by atomic mass is 10.0. The molecule has 1 atom stereocenters. The van der Waals surface area contributed by atoms with Crippen molar-refractivity contribution < 1.29 is 19.4 Å². The molecule has 2 N–H and O–H groups in total. The van der Waals surface area contributed by atoms with E-state index in [9.17, 15) is 9.59 Å². The van der Waals surface area contributed by atoms with Gasteiger partial charge in [0.25, 0.3) is 5.91 Å². The summed E-state index contributed by atoms with van der Waals surface area (Å²) < 4.78 is 4.78. The second-order valence-electron chi connectivity index (χ2n) is 3.65. The Balaban J connectivity index is 2.82. The van der Waals surface area contributed by atoms with Crippen molar-refractivity contribution in [2.24, 2.45) is 0 Å². The van der Waals surface area contributed by atoms with Gasteiger partial charge in [0.15, 0.2) is 5.54 Å². The first kappa shape index (κ1) is 13.0.